The first-order chi connectivity index (χ1) is 10.1. The highest BCUT2D eigenvalue weighted by Gasteiger charge is 2.32. The predicted octanol–water partition coefficient (Wildman–Crippen LogP) is 3.31. The first-order valence-electron chi connectivity index (χ1n) is 7.42. The maximum atomic E-state index is 12.2. The van der Waals surface area contributed by atoms with Crippen molar-refractivity contribution in [1.82, 2.24) is 10.3 Å². The minimum atomic E-state index is -0.119. The number of nitrogens with one attached hydrogen (secondary N) is 1. The van der Waals surface area contributed by atoms with Crippen LogP contribution in [0.1, 0.15) is 41.1 Å². The zero-order valence-electron chi connectivity index (χ0n) is 12.5. The van der Waals surface area contributed by atoms with Crippen LogP contribution in [0.4, 0.5) is 0 Å². The summed E-state index contributed by atoms with van der Waals surface area (Å²) < 4.78 is 0. The number of aryl methyl sites for hydroxylation is 2. The molecule has 3 rings (SSSR count). The number of nitrogens with zero attached hydrogens (tertiary/aromatic N) is 1. The number of carbonyl (C=O) groups excluding carboxylic acids is 1. The largest absolute Gasteiger partial charge is 0.345 e. The van der Waals surface area contributed by atoms with Gasteiger partial charge in [-0.2, -0.15) is 0 Å². The van der Waals surface area contributed by atoms with Crippen molar-refractivity contribution in [3.8, 4) is 0 Å². The molecule has 2 aromatic rings. The number of hydrogen-bond acceptors (Lipinski definition) is 2. The van der Waals surface area contributed by atoms with Gasteiger partial charge in [0.15, 0.2) is 0 Å². The molecule has 0 spiro atoms. The Bertz CT molecular complexity index is 648. The average Bonchev–Trinajstić information content (AvgIpc) is 3.33. The molecule has 108 valence electrons. The third-order valence-corrected chi connectivity index (χ3v) is 4.00. The lowest BCUT2D eigenvalue weighted by Gasteiger charge is -2.22. The van der Waals surface area contributed by atoms with Gasteiger partial charge in [-0.15, -0.1) is 0 Å². The summed E-state index contributed by atoms with van der Waals surface area (Å²) in [4.78, 5) is 16.4. The number of hydrogen-bond donors (Lipinski definition) is 1. The number of rotatable bonds is 4. The van der Waals surface area contributed by atoms with Gasteiger partial charge >= 0.3 is 0 Å². The fourth-order valence-corrected chi connectivity index (χ4v) is 2.56. The highest BCUT2D eigenvalue weighted by Crippen LogP contribution is 2.32. The first kappa shape index (κ1) is 13.8. The third kappa shape index (κ3) is 3.13. The molecule has 1 amide bonds. The molecule has 1 aliphatic rings. The van der Waals surface area contributed by atoms with Crippen LogP contribution in [0, 0.1) is 19.8 Å². The van der Waals surface area contributed by atoms with E-state index in [-0.39, 0.29) is 17.9 Å². The summed E-state index contributed by atoms with van der Waals surface area (Å²) in [5.74, 6) is 0.360. The first-order valence-corrected chi connectivity index (χ1v) is 7.42. The van der Waals surface area contributed by atoms with Crippen molar-refractivity contribution in [2.45, 2.75) is 32.7 Å². The van der Waals surface area contributed by atoms with Crippen molar-refractivity contribution >= 4 is 5.91 Å². The van der Waals surface area contributed by atoms with E-state index in [9.17, 15) is 4.79 Å². The van der Waals surface area contributed by atoms with E-state index >= 15 is 0 Å². The summed E-state index contributed by atoms with van der Waals surface area (Å²) in [6, 6.07) is 10.2. The minimum Gasteiger partial charge on any atom is -0.345 e. The van der Waals surface area contributed by atoms with Crippen LogP contribution < -0.4 is 5.32 Å². The zero-order chi connectivity index (χ0) is 14.8. The van der Waals surface area contributed by atoms with Crippen LogP contribution in [-0.4, -0.2) is 10.9 Å². The lowest BCUT2D eigenvalue weighted by atomic mass is 9.94. The third-order valence-electron chi connectivity index (χ3n) is 4.00. The van der Waals surface area contributed by atoms with Gasteiger partial charge < -0.3 is 5.32 Å². The van der Waals surface area contributed by atoms with Gasteiger partial charge in [-0.3, -0.25) is 9.78 Å². The van der Waals surface area contributed by atoms with E-state index in [0.717, 1.165) is 24.0 Å². The summed E-state index contributed by atoms with van der Waals surface area (Å²) >= 11 is 0. The topological polar surface area (TPSA) is 42.0 Å². The second-order valence-corrected chi connectivity index (χ2v) is 5.86. The van der Waals surface area contributed by atoms with Gasteiger partial charge in [0.1, 0.15) is 0 Å². The lowest BCUT2D eigenvalue weighted by Crippen LogP contribution is -2.31. The molecule has 0 bridgehead atoms. The van der Waals surface area contributed by atoms with E-state index in [1.54, 1.807) is 6.20 Å². The van der Waals surface area contributed by atoms with Crippen LogP contribution in [0.25, 0.3) is 0 Å². The molecule has 3 nitrogen and oxygen atoms in total. The van der Waals surface area contributed by atoms with Gasteiger partial charge in [0.05, 0.1) is 6.04 Å². The molecule has 1 aliphatic carbocycles. The molecule has 1 atom stereocenters. The predicted molar refractivity (Wildman–Crippen MR) is 82.9 cm³/mol. The summed E-state index contributed by atoms with van der Waals surface area (Å²) in [6.07, 6.45) is 5.61. The quantitative estimate of drug-likeness (QED) is 0.933. The van der Waals surface area contributed by atoms with Crippen LogP contribution in [0.15, 0.2) is 42.7 Å². The van der Waals surface area contributed by atoms with Gasteiger partial charge in [-0.1, -0.05) is 29.8 Å². The molecule has 0 radical (unpaired) electrons. The average molecular weight is 280 g/mol. The Morgan fingerprint density at radius 3 is 2.76 bits per heavy atom. The summed E-state index contributed by atoms with van der Waals surface area (Å²) in [6.45, 7) is 4.16. The Morgan fingerprint density at radius 2 is 2.10 bits per heavy atom. The monoisotopic (exact) mass is 280 g/mol. The number of pyridine rings is 1. The second-order valence-electron chi connectivity index (χ2n) is 5.86. The molecule has 21 heavy (non-hydrogen) atoms. The Hall–Kier alpha value is -2.16. The SMILES string of the molecule is Cc1ccc(C)c([C@@H](NC(=O)C2CC2)c2cccnc2)c1. The molecule has 0 aliphatic heterocycles. The Balaban J connectivity index is 1.98. The Labute approximate surface area is 125 Å². The van der Waals surface area contributed by atoms with Gasteiger partial charge in [0, 0.05) is 18.3 Å². The van der Waals surface area contributed by atoms with E-state index in [2.05, 4.69) is 42.3 Å². The van der Waals surface area contributed by atoms with E-state index < -0.39 is 0 Å². The van der Waals surface area contributed by atoms with Crippen LogP contribution >= 0.6 is 0 Å². The molecule has 1 aromatic carbocycles. The molecule has 1 aromatic heterocycles. The second kappa shape index (κ2) is 5.68. The van der Waals surface area contributed by atoms with Crippen molar-refractivity contribution in [2.24, 2.45) is 5.92 Å². The van der Waals surface area contributed by atoms with Crippen molar-refractivity contribution < 1.29 is 4.79 Å². The normalized spacial score (nSPS) is 15.5. The van der Waals surface area contributed by atoms with Crippen LogP contribution in [-0.2, 0) is 4.79 Å². The van der Waals surface area contributed by atoms with E-state index in [4.69, 9.17) is 0 Å². The van der Waals surface area contributed by atoms with E-state index in [1.165, 1.54) is 11.1 Å². The van der Waals surface area contributed by atoms with Crippen molar-refractivity contribution in [3.05, 3.63) is 65.0 Å². The summed E-state index contributed by atoms with van der Waals surface area (Å²) in [5, 5.41) is 3.20. The number of carbonyl (C=O) groups is 1. The van der Waals surface area contributed by atoms with Crippen molar-refractivity contribution in [3.63, 3.8) is 0 Å². The van der Waals surface area contributed by atoms with E-state index in [1.807, 2.05) is 18.3 Å². The van der Waals surface area contributed by atoms with Crippen molar-refractivity contribution in [1.29, 1.82) is 0 Å². The van der Waals surface area contributed by atoms with Crippen LogP contribution in [0.2, 0.25) is 0 Å². The maximum absolute atomic E-state index is 12.2. The van der Waals surface area contributed by atoms with Crippen molar-refractivity contribution in [2.75, 3.05) is 0 Å². The zero-order valence-corrected chi connectivity index (χ0v) is 12.5. The van der Waals surface area contributed by atoms with Gasteiger partial charge in [0.25, 0.3) is 0 Å². The van der Waals surface area contributed by atoms with Gasteiger partial charge in [-0.05, 0) is 49.4 Å². The van der Waals surface area contributed by atoms with Crippen LogP contribution in [0.5, 0.6) is 0 Å². The standard InChI is InChI=1S/C18H20N2O/c1-12-5-6-13(2)16(10-12)17(15-4-3-9-19-11-15)20-18(21)14-7-8-14/h3-6,9-11,14,17H,7-8H2,1-2H3,(H,20,21)/t17-/m0/s1. The molecule has 3 heteroatoms. The highest BCUT2D eigenvalue weighted by atomic mass is 16.2. The molecule has 0 unspecified atom stereocenters. The minimum absolute atomic E-state index is 0.119. The van der Waals surface area contributed by atoms with Gasteiger partial charge in [0.2, 0.25) is 5.91 Å². The lowest BCUT2D eigenvalue weighted by molar-refractivity contribution is -0.122. The Kier molecular flexibility index (Phi) is 3.74. The Morgan fingerprint density at radius 1 is 1.29 bits per heavy atom. The molecule has 1 heterocycles. The van der Waals surface area contributed by atoms with Gasteiger partial charge in [-0.25, -0.2) is 0 Å². The highest BCUT2D eigenvalue weighted by molar-refractivity contribution is 5.81. The molecule has 1 N–H and O–H groups in total. The fourth-order valence-electron chi connectivity index (χ4n) is 2.56. The fraction of sp³-hybridized carbons (Fsp3) is 0.333. The molecular weight excluding hydrogens is 260 g/mol. The number of benzene rings is 1. The number of amides is 1. The molecular formula is C18H20N2O. The summed E-state index contributed by atoms with van der Waals surface area (Å²) in [5.41, 5.74) is 4.56. The van der Waals surface area contributed by atoms with E-state index in [0.29, 0.717) is 0 Å². The molecule has 0 saturated heterocycles. The van der Waals surface area contributed by atoms with Crippen LogP contribution in [0.3, 0.4) is 0 Å². The molecule has 1 saturated carbocycles. The number of aromatic nitrogens is 1. The summed E-state index contributed by atoms with van der Waals surface area (Å²) in [7, 11) is 0. The smallest absolute Gasteiger partial charge is 0.223 e. The maximum Gasteiger partial charge on any atom is 0.223 e. The molecule has 1 fully saturated rings.